The highest BCUT2D eigenvalue weighted by atomic mass is 16.4. The van der Waals surface area contributed by atoms with Gasteiger partial charge in [-0.15, -0.1) is 0 Å². The van der Waals surface area contributed by atoms with E-state index in [1.54, 1.807) is 0 Å². The van der Waals surface area contributed by atoms with Gasteiger partial charge >= 0.3 is 5.97 Å². The SMILES string of the molecule is CC.CC.Cc1ccc(CCCC(=O)O)cc1. The number of carbonyl (C=O) groups is 1. The minimum absolute atomic E-state index is 0.258. The van der Waals surface area contributed by atoms with Crippen LogP contribution in [0.25, 0.3) is 0 Å². The van der Waals surface area contributed by atoms with Gasteiger partial charge in [0, 0.05) is 6.42 Å². The van der Waals surface area contributed by atoms with Crippen LogP contribution in [0.5, 0.6) is 0 Å². The minimum atomic E-state index is -0.716. The van der Waals surface area contributed by atoms with Crippen molar-refractivity contribution in [2.75, 3.05) is 0 Å². The normalized spacial score (nSPS) is 8.29. The summed E-state index contributed by atoms with van der Waals surface area (Å²) in [6, 6.07) is 8.21. The highest BCUT2D eigenvalue weighted by Crippen LogP contribution is 2.06. The third-order valence-electron chi connectivity index (χ3n) is 1.98. The molecular formula is C15H26O2. The van der Waals surface area contributed by atoms with Crippen molar-refractivity contribution >= 4 is 5.97 Å². The van der Waals surface area contributed by atoms with Gasteiger partial charge in [0.2, 0.25) is 0 Å². The molecule has 0 aliphatic rings. The number of aryl methyl sites for hydroxylation is 2. The molecule has 1 aromatic rings. The number of rotatable bonds is 4. The number of carboxylic acids is 1. The van der Waals surface area contributed by atoms with Gasteiger partial charge in [0.15, 0.2) is 0 Å². The van der Waals surface area contributed by atoms with E-state index >= 15 is 0 Å². The lowest BCUT2D eigenvalue weighted by Gasteiger charge is -1.99. The van der Waals surface area contributed by atoms with E-state index in [9.17, 15) is 4.79 Å². The third kappa shape index (κ3) is 11.0. The molecule has 2 nitrogen and oxygen atoms in total. The van der Waals surface area contributed by atoms with Gasteiger partial charge in [-0.2, -0.15) is 0 Å². The van der Waals surface area contributed by atoms with E-state index in [-0.39, 0.29) is 6.42 Å². The first-order valence-electron chi connectivity index (χ1n) is 6.46. The zero-order chi connectivity index (χ0) is 13.7. The predicted molar refractivity (Wildman–Crippen MR) is 74.4 cm³/mol. The maximum absolute atomic E-state index is 10.2. The molecule has 17 heavy (non-hydrogen) atoms. The lowest BCUT2D eigenvalue weighted by atomic mass is 10.1. The van der Waals surface area contributed by atoms with Crippen LogP contribution in [0.3, 0.4) is 0 Å². The Morgan fingerprint density at radius 3 is 1.94 bits per heavy atom. The largest absolute Gasteiger partial charge is 0.481 e. The molecule has 0 saturated heterocycles. The molecule has 0 spiro atoms. The van der Waals surface area contributed by atoms with Gasteiger partial charge in [-0.05, 0) is 25.3 Å². The molecule has 0 fully saturated rings. The second-order valence-corrected chi connectivity index (χ2v) is 3.23. The summed E-state index contributed by atoms with van der Waals surface area (Å²) in [6.45, 7) is 10.0. The van der Waals surface area contributed by atoms with Crippen molar-refractivity contribution in [1.82, 2.24) is 0 Å². The molecule has 0 saturated carbocycles. The molecule has 0 aliphatic heterocycles. The molecule has 0 radical (unpaired) electrons. The second-order valence-electron chi connectivity index (χ2n) is 3.23. The van der Waals surface area contributed by atoms with Crippen molar-refractivity contribution in [2.45, 2.75) is 53.9 Å². The van der Waals surface area contributed by atoms with Crippen LogP contribution < -0.4 is 0 Å². The van der Waals surface area contributed by atoms with Crippen molar-refractivity contribution in [1.29, 1.82) is 0 Å². The van der Waals surface area contributed by atoms with Gasteiger partial charge in [0.05, 0.1) is 0 Å². The minimum Gasteiger partial charge on any atom is -0.481 e. The van der Waals surface area contributed by atoms with E-state index in [1.165, 1.54) is 11.1 Å². The summed E-state index contributed by atoms with van der Waals surface area (Å²) < 4.78 is 0. The van der Waals surface area contributed by atoms with Gasteiger partial charge in [0.1, 0.15) is 0 Å². The average Bonchev–Trinajstić information content (AvgIpc) is 2.36. The number of carboxylic acid groups (broad SMARTS) is 1. The lowest BCUT2D eigenvalue weighted by Crippen LogP contribution is -1.95. The number of hydrogen-bond donors (Lipinski definition) is 1. The Morgan fingerprint density at radius 1 is 1.06 bits per heavy atom. The van der Waals surface area contributed by atoms with Crippen LogP contribution in [0, 0.1) is 6.92 Å². The first kappa shape index (κ1) is 18.1. The maximum Gasteiger partial charge on any atom is 0.303 e. The Morgan fingerprint density at radius 2 is 1.53 bits per heavy atom. The monoisotopic (exact) mass is 238 g/mol. The zero-order valence-corrected chi connectivity index (χ0v) is 11.8. The van der Waals surface area contributed by atoms with Gasteiger partial charge in [-0.3, -0.25) is 4.79 Å². The Labute approximate surface area is 106 Å². The summed E-state index contributed by atoms with van der Waals surface area (Å²) >= 11 is 0. The van der Waals surface area contributed by atoms with Crippen LogP contribution in [0.4, 0.5) is 0 Å². The van der Waals surface area contributed by atoms with E-state index in [4.69, 9.17) is 5.11 Å². The van der Waals surface area contributed by atoms with Gasteiger partial charge < -0.3 is 5.11 Å². The van der Waals surface area contributed by atoms with Crippen molar-refractivity contribution in [3.05, 3.63) is 35.4 Å². The molecule has 0 amide bonds. The zero-order valence-electron chi connectivity index (χ0n) is 11.8. The number of hydrogen-bond acceptors (Lipinski definition) is 1. The van der Waals surface area contributed by atoms with Crippen LogP contribution >= 0.6 is 0 Å². The average molecular weight is 238 g/mol. The van der Waals surface area contributed by atoms with Crippen LogP contribution in [-0.2, 0) is 11.2 Å². The van der Waals surface area contributed by atoms with Crippen LogP contribution in [0.2, 0.25) is 0 Å². The number of benzene rings is 1. The molecular weight excluding hydrogens is 212 g/mol. The first-order chi connectivity index (χ1) is 8.18. The summed E-state index contributed by atoms with van der Waals surface area (Å²) in [5.41, 5.74) is 2.45. The smallest absolute Gasteiger partial charge is 0.303 e. The standard InChI is InChI=1S/C11H14O2.2C2H6/c1-9-5-7-10(8-6-9)3-2-4-11(12)13;2*1-2/h5-8H,2-4H2,1H3,(H,12,13);2*1-2H3. The molecule has 0 aromatic heterocycles. The third-order valence-corrected chi connectivity index (χ3v) is 1.98. The van der Waals surface area contributed by atoms with Gasteiger partial charge in [-0.1, -0.05) is 57.5 Å². The predicted octanol–water partition coefficient (Wildman–Crippen LogP) is 4.45. The Kier molecular flexibility index (Phi) is 13.6. The molecule has 98 valence electrons. The molecule has 0 unspecified atom stereocenters. The fourth-order valence-electron chi connectivity index (χ4n) is 1.20. The van der Waals surface area contributed by atoms with Gasteiger partial charge in [0.25, 0.3) is 0 Å². The summed E-state index contributed by atoms with van der Waals surface area (Å²) in [7, 11) is 0. The van der Waals surface area contributed by atoms with Crippen molar-refractivity contribution < 1.29 is 9.90 Å². The molecule has 1 rings (SSSR count). The van der Waals surface area contributed by atoms with E-state index in [1.807, 2.05) is 34.6 Å². The number of aliphatic carboxylic acids is 1. The fourth-order valence-corrected chi connectivity index (χ4v) is 1.20. The van der Waals surface area contributed by atoms with Crippen molar-refractivity contribution in [3.8, 4) is 0 Å². The molecule has 1 aromatic carbocycles. The Balaban J connectivity index is 0. The molecule has 0 atom stereocenters. The van der Waals surface area contributed by atoms with E-state index in [0.717, 1.165) is 12.8 Å². The molecule has 0 bridgehead atoms. The first-order valence-corrected chi connectivity index (χ1v) is 6.46. The summed E-state index contributed by atoms with van der Waals surface area (Å²) in [4.78, 5) is 10.2. The summed E-state index contributed by atoms with van der Waals surface area (Å²) in [5, 5.41) is 8.44. The van der Waals surface area contributed by atoms with Crippen molar-refractivity contribution in [3.63, 3.8) is 0 Å². The van der Waals surface area contributed by atoms with Crippen LogP contribution in [-0.4, -0.2) is 11.1 Å². The Bertz CT molecular complexity index is 275. The summed E-state index contributed by atoms with van der Waals surface area (Å²) in [6.07, 6.45) is 1.83. The van der Waals surface area contributed by atoms with E-state index in [2.05, 4.69) is 24.3 Å². The molecule has 1 N–H and O–H groups in total. The molecule has 2 heteroatoms. The highest BCUT2D eigenvalue weighted by molar-refractivity contribution is 5.66. The van der Waals surface area contributed by atoms with Crippen LogP contribution in [0.15, 0.2) is 24.3 Å². The lowest BCUT2D eigenvalue weighted by molar-refractivity contribution is -0.137. The second kappa shape index (κ2) is 12.8. The molecule has 0 heterocycles. The summed E-state index contributed by atoms with van der Waals surface area (Å²) in [5.74, 6) is -0.716. The quantitative estimate of drug-likeness (QED) is 0.841. The van der Waals surface area contributed by atoms with Gasteiger partial charge in [-0.25, -0.2) is 0 Å². The Hall–Kier alpha value is -1.31. The van der Waals surface area contributed by atoms with Crippen molar-refractivity contribution in [2.24, 2.45) is 0 Å². The van der Waals surface area contributed by atoms with E-state index < -0.39 is 5.97 Å². The maximum atomic E-state index is 10.2. The van der Waals surface area contributed by atoms with Crippen LogP contribution in [0.1, 0.15) is 51.7 Å². The fraction of sp³-hybridized carbons (Fsp3) is 0.533. The van der Waals surface area contributed by atoms with E-state index in [0.29, 0.717) is 0 Å². The highest BCUT2D eigenvalue weighted by Gasteiger charge is 1.97. The topological polar surface area (TPSA) is 37.3 Å². The molecule has 0 aliphatic carbocycles.